The van der Waals surface area contributed by atoms with E-state index in [2.05, 4.69) is 47.7 Å². The monoisotopic (exact) mass is 326 g/mol. The standard InChI is InChI=1S/C21H30N2O/c1-18(2)9-6-12-21(3,24)13-8-16-23-15-5-4-11-20(23)19-10-7-14-22-17-19/h7,9-10,14,17,20,24H,4-6,11-12,15-16H2,1-3H3. The molecule has 0 amide bonds. The molecule has 0 aromatic carbocycles. The lowest BCUT2D eigenvalue weighted by Crippen LogP contribution is -2.34. The zero-order chi connectivity index (χ0) is 17.4. The molecule has 2 rings (SSSR count). The van der Waals surface area contributed by atoms with Crippen molar-refractivity contribution in [3.63, 3.8) is 0 Å². The van der Waals surface area contributed by atoms with Crippen LogP contribution < -0.4 is 0 Å². The highest BCUT2D eigenvalue weighted by Crippen LogP contribution is 2.29. The van der Waals surface area contributed by atoms with Crippen LogP contribution in [0.5, 0.6) is 0 Å². The lowest BCUT2D eigenvalue weighted by molar-refractivity contribution is 0.113. The highest BCUT2D eigenvalue weighted by molar-refractivity contribution is 5.18. The predicted octanol–water partition coefficient (Wildman–Crippen LogP) is 4.11. The molecule has 0 aliphatic carbocycles. The van der Waals surface area contributed by atoms with Gasteiger partial charge in [0.05, 0.1) is 6.54 Å². The molecular weight excluding hydrogens is 296 g/mol. The normalized spacial score (nSPS) is 20.6. The highest BCUT2D eigenvalue weighted by atomic mass is 16.3. The number of aromatic nitrogens is 1. The molecule has 1 fully saturated rings. The first kappa shape index (κ1) is 18.7. The third-order valence-corrected chi connectivity index (χ3v) is 4.51. The Kier molecular flexibility index (Phi) is 7.02. The van der Waals surface area contributed by atoms with Gasteiger partial charge in [0.1, 0.15) is 5.60 Å². The summed E-state index contributed by atoms with van der Waals surface area (Å²) < 4.78 is 0. The van der Waals surface area contributed by atoms with Crippen molar-refractivity contribution in [2.45, 2.75) is 64.5 Å². The number of allylic oxidation sites excluding steroid dienone is 2. The number of rotatable bonds is 5. The Hall–Kier alpha value is -1.63. The molecule has 0 saturated carbocycles. The summed E-state index contributed by atoms with van der Waals surface area (Å²) in [5, 5.41) is 10.4. The van der Waals surface area contributed by atoms with Gasteiger partial charge in [0, 0.05) is 18.4 Å². The van der Waals surface area contributed by atoms with Gasteiger partial charge < -0.3 is 5.11 Å². The van der Waals surface area contributed by atoms with Crippen molar-refractivity contribution in [3.8, 4) is 11.8 Å². The summed E-state index contributed by atoms with van der Waals surface area (Å²) in [4.78, 5) is 6.67. The third kappa shape index (κ3) is 6.11. The van der Waals surface area contributed by atoms with E-state index in [9.17, 15) is 5.11 Å². The molecule has 1 aliphatic rings. The minimum atomic E-state index is -0.911. The van der Waals surface area contributed by atoms with Crippen molar-refractivity contribution < 1.29 is 5.11 Å². The average molecular weight is 326 g/mol. The smallest absolute Gasteiger partial charge is 0.123 e. The van der Waals surface area contributed by atoms with Crippen LogP contribution in [0.1, 0.15) is 64.5 Å². The summed E-state index contributed by atoms with van der Waals surface area (Å²) in [6.07, 6.45) is 11.1. The van der Waals surface area contributed by atoms with Crippen LogP contribution >= 0.6 is 0 Å². The zero-order valence-electron chi connectivity index (χ0n) is 15.3. The predicted molar refractivity (Wildman–Crippen MR) is 99.5 cm³/mol. The highest BCUT2D eigenvalue weighted by Gasteiger charge is 2.23. The molecule has 2 unspecified atom stereocenters. The van der Waals surface area contributed by atoms with Gasteiger partial charge >= 0.3 is 0 Å². The van der Waals surface area contributed by atoms with Crippen molar-refractivity contribution in [3.05, 3.63) is 41.7 Å². The molecular formula is C21H30N2O. The van der Waals surface area contributed by atoms with Gasteiger partial charge in [-0.05, 0) is 64.6 Å². The minimum Gasteiger partial charge on any atom is -0.378 e. The van der Waals surface area contributed by atoms with Crippen molar-refractivity contribution in [1.29, 1.82) is 0 Å². The summed E-state index contributed by atoms with van der Waals surface area (Å²) >= 11 is 0. The van der Waals surface area contributed by atoms with Gasteiger partial charge in [-0.15, -0.1) is 0 Å². The molecule has 24 heavy (non-hydrogen) atoms. The number of hydrogen-bond donors (Lipinski definition) is 1. The van der Waals surface area contributed by atoms with Crippen LogP contribution in [0.15, 0.2) is 36.2 Å². The zero-order valence-corrected chi connectivity index (χ0v) is 15.3. The Bertz CT molecular complexity index is 591. The summed E-state index contributed by atoms with van der Waals surface area (Å²) in [5.74, 6) is 6.29. The number of nitrogens with zero attached hydrogens (tertiary/aromatic N) is 2. The van der Waals surface area contributed by atoms with Gasteiger partial charge in [0.2, 0.25) is 0 Å². The van der Waals surface area contributed by atoms with E-state index in [0.29, 0.717) is 19.0 Å². The van der Waals surface area contributed by atoms with Gasteiger partial charge in [0.15, 0.2) is 0 Å². The van der Waals surface area contributed by atoms with E-state index >= 15 is 0 Å². The summed E-state index contributed by atoms with van der Waals surface area (Å²) in [5.41, 5.74) is 1.65. The van der Waals surface area contributed by atoms with Crippen LogP contribution in [0.3, 0.4) is 0 Å². The van der Waals surface area contributed by atoms with E-state index in [1.165, 1.54) is 24.0 Å². The average Bonchev–Trinajstić information content (AvgIpc) is 2.55. The van der Waals surface area contributed by atoms with Crippen molar-refractivity contribution in [2.24, 2.45) is 0 Å². The Morgan fingerprint density at radius 2 is 2.29 bits per heavy atom. The molecule has 0 radical (unpaired) electrons. The number of pyridine rings is 1. The van der Waals surface area contributed by atoms with Gasteiger partial charge in [0.25, 0.3) is 0 Å². The first-order valence-electron chi connectivity index (χ1n) is 8.98. The van der Waals surface area contributed by atoms with Gasteiger partial charge in [-0.25, -0.2) is 0 Å². The second-order valence-electron chi connectivity index (χ2n) is 7.16. The molecule has 1 aromatic heterocycles. The van der Waals surface area contributed by atoms with Crippen LogP contribution in [0.2, 0.25) is 0 Å². The first-order chi connectivity index (χ1) is 11.5. The number of piperidine rings is 1. The van der Waals surface area contributed by atoms with Crippen molar-refractivity contribution >= 4 is 0 Å². The van der Waals surface area contributed by atoms with Crippen molar-refractivity contribution in [2.75, 3.05) is 13.1 Å². The maximum absolute atomic E-state index is 10.4. The topological polar surface area (TPSA) is 36.4 Å². The number of aliphatic hydroxyl groups is 1. The lowest BCUT2D eigenvalue weighted by atomic mass is 9.96. The van der Waals surface area contributed by atoms with Gasteiger partial charge in [-0.2, -0.15) is 0 Å². The summed E-state index contributed by atoms with van der Waals surface area (Å²) in [6.45, 7) is 7.74. The molecule has 130 valence electrons. The van der Waals surface area contributed by atoms with E-state index < -0.39 is 5.60 Å². The minimum absolute atomic E-state index is 0.400. The summed E-state index contributed by atoms with van der Waals surface area (Å²) in [6, 6.07) is 4.55. The molecule has 0 bridgehead atoms. The molecule has 2 heterocycles. The number of likely N-dealkylation sites (tertiary alicyclic amines) is 1. The maximum Gasteiger partial charge on any atom is 0.123 e. The van der Waals surface area contributed by atoms with Crippen LogP contribution in [-0.4, -0.2) is 33.7 Å². The van der Waals surface area contributed by atoms with E-state index in [1.54, 1.807) is 0 Å². The molecule has 1 N–H and O–H groups in total. The lowest BCUT2D eigenvalue weighted by Gasteiger charge is -2.34. The van der Waals surface area contributed by atoms with E-state index in [0.717, 1.165) is 19.4 Å². The van der Waals surface area contributed by atoms with Crippen LogP contribution in [0.4, 0.5) is 0 Å². The second-order valence-corrected chi connectivity index (χ2v) is 7.16. The quantitative estimate of drug-likeness (QED) is 0.653. The first-order valence-corrected chi connectivity index (χ1v) is 8.98. The third-order valence-electron chi connectivity index (χ3n) is 4.51. The molecule has 3 nitrogen and oxygen atoms in total. The summed E-state index contributed by atoms with van der Waals surface area (Å²) in [7, 11) is 0. The Morgan fingerprint density at radius 3 is 3.00 bits per heavy atom. The Morgan fingerprint density at radius 1 is 1.46 bits per heavy atom. The molecule has 1 aliphatic heterocycles. The molecule has 2 atom stereocenters. The Labute approximate surface area is 146 Å². The van der Waals surface area contributed by atoms with Gasteiger partial charge in [-0.1, -0.05) is 36.0 Å². The van der Waals surface area contributed by atoms with Crippen molar-refractivity contribution in [1.82, 2.24) is 9.88 Å². The van der Waals surface area contributed by atoms with Gasteiger partial charge in [-0.3, -0.25) is 9.88 Å². The van der Waals surface area contributed by atoms with E-state index in [-0.39, 0.29) is 0 Å². The second kappa shape index (κ2) is 9.01. The fourth-order valence-corrected chi connectivity index (χ4v) is 3.17. The SMILES string of the molecule is CC(C)=CCCC(C)(O)C#CCN1CCCCC1c1cccnc1. The van der Waals surface area contributed by atoms with E-state index in [1.807, 2.05) is 25.4 Å². The molecule has 1 aromatic rings. The molecule has 1 saturated heterocycles. The molecule has 3 heteroatoms. The van der Waals surface area contributed by atoms with E-state index in [4.69, 9.17) is 0 Å². The number of hydrogen-bond acceptors (Lipinski definition) is 3. The van der Waals surface area contributed by atoms with Crippen LogP contribution in [0, 0.1) is 11.8 Å². The Balaban J connectivity index is 1.95. The largest absolute Gasteiger partial charge is 0.378 e. The molecule has 0 spiro atoms. The fraction of sp³-hybridized carbons (Fsp3) is 0.571. The van der Waals surface area contributed by atoms with Crippen LogP contribution in [-0.2, 0) is 0 Å². The maximum atomic E-state index is 10.4. The van der Waals surface area contributed by atoms with Crippen LogP contribution in [0.25, 0.3) is 0 Å². The fourth-order valence-electron chi connectivity index (χ4n) is 3.17.